The topological polar surface area (TPSA) is 56.1 Å². The summed E-state index contributed by atoms with van der Waals surface area (Å²) in [7, 11) is 0. The molecular weight excluding hydrogens is 263 g/mol. The normalized spacial score (nSPS) is 19.0. The molecule has 1 N–H and O–H groups in total. The van der Waals surface area contributed by atoms with Gasteiger partial charge in [-0.3, -0.25) is 4.79 Å². The molecule has 0 spiro atoms. The number of hydrogen-bond acceptors (Lipinski definition) is 3. The van der Waals surface area contributed by atoms with Crippen molar-refractivity contribution in [2.45, 2.75) is 31.6 Å². The SMILES string of the molecule is O=C(COCC(F)(F)F)N[C@H]1CCc2nccn2C1. The van der Waals surface area contributed by atoms with Crippen LogP contribution in [0.5, 0.6) is 0 Å². The van der Waals surface area contributed by atoms with Crippen molar-refractivity contribution in [3.8, 4) is 0 Å². The van der Waals surface area contributed by atoms with Gasteiger partial charge in [0.2, 0.25) is 5.91 Å². The molecule has 1 amide bonds. The summed E-state index contributed by atoms with van der Waals surface area (Å²) in [5, 5.41) is 2.66. The highest BCUT2D eigenvalue weighted by molar-refractivity contribution is 5.77. The van der Waals surface area contributed by atoms with E-state index in [1.54, 1.807) is 6.20 Å². The second-order valence-corrected chi connectivity index (χ2v) is 4.41. The number of nitrogens with zero attached hydrogens (tertiary/aromatic N) is 2. The number of aryl methyl sites for hydroxylation is 1. The van der Waals surface area contributed by atoms with Crippen LogP contribution in [0.4, 0.5) is 13.2 Å². The van der Waals surface area contributed by atoms with Crippen molar-refractivity contribution in [1.82, 2.24) is 14.9 Å². The van der Waals surface area contributed by atoms with Crippen LogP contribution in [0.3, 0.4) is 0 Å². The molecule has 5 nitrogen and oxygen atoms in total. The molecule has 0 fully saturated rings. The third-order valence-electron chi connectivity index (χ3n) is 2.80. The Kier molecular flexibility index (Phi) is 4.08. The van der Waals surface area contributed by atoms with Crippen molar-refractivity contribution in [1.29, 1.82) is 0 Å². The monoisotopic (exact) mass is 277 g/mol. The van der Waals surface area contributed by atoms with E-state index in [-0.39, 0.29) is 6.04 Å². The Morgan fingerprint density at radius 3 is 3.11 bits per heavy atom. The average molecular weight is 277 g/mol. The maximum atomic E-state index is 11.8. The Morgan fingerprint density at radius 2 is 2.37 bits per heavy atom. The smallest absolute Gasteiger partial charge is 0.362 e. The van der Waals surface area contributed by atoms with Gasteiger partial charge in [0.25, 0.3) is 0 Å². The van der Waals surface area contributed by atoms with E-state index in [0.29, 0.717) is 6.54 Å². The van der Waals surface area contributed by atoms with Gasteiger partial charge in [0.1, 0.15) is 19.0 Å². The summed E-state index contributed by atoms with van der Waals surface area (Å²) in [5.74, 6) is 0.427. The molecule has 1 atom stereocenters. The van der Waals surface area contributed by atoms with Crippen LogP contribution in [0.2, 0.25) is 0 Å². The van der Waals surface area contributed by atoms with Crippen LogP contribution >= 0.6 is 0 Å². The van der Waals surface area contributed by atoms with E-state index in [1.165, 1.54) is 0 Å². The number of imidazole rings is 1. The van der Waals surface area contributed by atoms with Crippen LogP contribution in [-0.2, 0) is 22.5 Å². The molecule has 1 aromatic heterocycles. The molecule has 106 valence electrons. The molecule has 0 aliphatic carbocycles. The number of amides is 1. The predicted octanol–water partition coefficient (Wildman–Crippen LogP) is 0.893. The first-order chi connectivity index (χ1) is 8.94. The van der Waals surface area contributed by atoms with Crippen LogP contribution < -0.4 is 5.32 Å². The molecule has 1 aromatic rings. The highest BCUT2D eigenvalue weighted by Gasteiger charge is 2.28. The number of aromatic nitrogens is 2. The van der Waals surface area contributed by atoms with Crippen LogP contribution in [0.1, 0.15) is 12.2 Å². The molecule has 8 heteroatoms. The van der Waals surface area contributed by atoms with Gasteiger partial charge in [0.05, 0.1) is 0 Å². The highest BCUT2D eigenvalue weighted by Crippen LogP contribution is 2.15. The van der Waals surface area contributed by atoms with Gasteiger partial charge in [-0.2, -0.15) is 13.2 Å². The van der Waals surface area contributed by atoms with E-state index >= 15 is 0 Å². The van der Waals surface area contributed by atoms with Gasteiger partial charge in [-0.15, -0.1) is 0 Å². The van der Waals surface area contributed by atoms with Crippen molar-refractivity contribution in [2.24, 2.45) is 0 Å². The van der Waals surface area contributed by atoms with Gasteiger partial charge in [-0.25, -0.2) is 4.98 Å². The van der Waals surface area contributed by atoms with Crippen LogP contribution in [-0.4, -0.2) is 40.9 Å². The van der Waals surface area contributed by atoms with E-state index in [2.05, 4.69) is 15.0 Å². The maximum absolute atomic E-state index is 11.8. The fourth-order valence-electron chi connectivity index (χ4n) is 2.01. The number of alkyl halides is 3. The van der Waals surface area contributed by atoms with Crippen molar-refractivity contribution in [3.63, 3.8) is 0 Å². The zero-order chi connectivity index (χ0) is 13.9. The largest absolute Gasteiger partial charge is 0.411 e. The first-order valence-corrected chi connectivity index (χ1v) is 5.88. The van der Waals surface area contributed by atoms with Crippen LogP contribution in [0, 0.1) is 0 Å². The van der Waals surface area contributed by atoms with E-state index in [1.807, 2.05) is 10.8 Å². The Balaban J connectivity index is 1.72. The molecule has 0 radical (unpaired) electrons. The molecule has 0 aromatic carbocycles. The summed E-state index contributed by atoms with van der Waals surface area (Å²) in [6, 6.07) is -0.0938. The summed E-state index contributed by atoms with van der Waals surface area (Å²) in [6.07, 6.45) is 0.556. The second-order valence-electron chi connectivity index (χ2n) is 4.41. The zero-order valence-electron chi connectivity index (χ0n) is 10.1. The summed E-state index contributed by atoms with van der Waals surface area (Å²) < 4.78 is 41.7. The first kappa shape index (κ1) is 13.9. The lowest BCUT2D eigenvalue weighted by atomic mass is 10.1. The standard InChI is InChI=1S/C11H14F3N3O2/c12-11(13,14)7-19-6-10(18)16-8-1-2-9-15-3-4-17(9)5-8/h3-4,8H,1-2,5-7H2,(H,16,18)/t8-/m0/s1. The van der Waals surface area contributed by atoms with Crippen molar-refractivity contribution in [3.05, 3.63) is 18.2 Å². The molecule has 2 rings (SSSR count). The van der Waals surface area contributed by atoms with Gasteiger partial charge in [-0.1, -0.05) is 0 Å². The number of rotatable bonds is 4. The van der Waals surface area contributed by atoms with Crippen molar-refractivity contribution in [2.75, 3.05) is 13.2 Å². The lowest BCUT2D eigenvalue weighted by Crippen LogP contribution is -2.42. The van der Waals surface area contributed by atoms with Crippen molar-refractivity contribution >= 4 is 5.91 Å². The van der Waals surface area contributed by atoms with Gasteiger partial charge >= 0.3 is 6.18 Å². The number of hydrogen-bond donors (Lipinski definition) is 1. The minimum Gasteiger partial charge on any atom is -0.362 e. The molecule has 19 heavy (non-hydrogen) atoms. The Morgan fingerprint density at radius 1 is 1.58 bits per heavy atom. The van der Waals surface area contributed by atoms with Gasteiger partial charge in [0.15, 0.2) is 0 Å². The Bertz CT molecular complexity index is 445. The van der Waals surface area contributed by atoms with Gasteiger partial charge in [0, 0.05) is 31.4 Å². The molecule has 0 unspecified atom stereocenters. The summed E-state index contributed by atoms with van der Waals surface area (Å²) in [6.45, 7) is -1.40. The molecule has 2 heterocycles. The first-order valence-electron chi connectivity index (χ1n) is 5.88. The number of ether oxygens (including phenoxy) is 1. The molecule has 1 aliphatic heterocycles. The Labute approximate surface area is 107 Å². The quantitative estimate of drug-likeness (QED) is 0.889. The minimum absolute atomic E-state index is 0.0938. The van der Waals surface area contributed by atoms with Crippen LogP contribution in [0.15, 0.2) is 12.4 Å². The second kappa shape index (κ2) is 5.60. The van der Waals surface area contributed by atoms with E-state index < -0.39 is 25.3 Å². The summed E-state index contributed by atoms with van der Waals surface area (Å²) in [4.78, 5) is 15.6. The average Bonchev–Trinajstić information content (AvgIpc) is 2.74. The van der Waals surface area contributed by atoms with Gasteiger partial charge in [-0.05, 0) is 6.42 Å². The number of nitrogens with one attached hydrogen (secondary N) is 1. The minimum atomic E-state index is -4.41. The predicted molar refractivity (Wildman–Crippen MR) is 59.4 cm³/mol. The Hall–Kier alpha value is -1.57. The maximum Gasteiger partial charge on any atom is 0.411 e. The number of carbonyl (C=O) groups is 1. The lowest BCUT2D eigenvalue weighted by Gasteiger charge is -2.24. The number of carbonyl (C=O) groups excluding carboxylic acids is 1. The highest BCUT2D eigenvalue weighted by atomic mass is 19.4. The number of halogens is 3. The zero-order valence-corrected chi connectivity index (χ0v) is 10.1. The fraction of sp³-hybridized carbons (Fsp3) is 0.636. The summed E-state index contributed by atoms with van der Waals surface area (Å²) >= 11 is 0. The molecule has 0 bridgehead atoms. The lowest BCUT2D eigenvalue weighted by molar-refractivity contribution is -0.175. The van der Waals surface area contributed by atoms with Crippen LogP contribution in [0.25, 0.3) is 0 Å². The third-order valence-corrected chi connectivity index (χ3v) is 2.80. The van der Waals surface area contributed by atoms with Crippen molar-refractivity contribution < 1.29 is 22.7 Å². The van der Waals surface area contributed by atoms with E-state index in [0.717, 1.165) is 18.7 Å². The molecule has 0 saturated carbocycles. The molecule has 1 aliphatic rings. The number of fused-ring (bicyclic) bond motifs is 1. The van der Waals surface area contributed by atoms with E-state index in [4.69, 9.17) is 0 Å². The summed E-state index contributed by atoms with van der Waals surface area (Å²) in [5.41, 5.74) is 0. The third kappa shape index (κ3) is 4.23. The molecule has 0 saturated heterocycles. The van der Waals surface area contributed by atoms with E-state index in [9.17, 15) is 18.0 Å². The van der Waals surface area contributed by atoms with Gasteiger partial charge < -0.3 is 14.6 Å². The fourth-order valence-corrected chi connectivity index (χ4v) is 2.01. The molecular formula is C11H14F3N3O2.